The van der Waals surface area contributed by atoms with Crippen LogP contribution >= 0.6 is 0 Å². The van der Waals surface area contributed by atoms with Crippen LogP contribution in [0.25, 0.3) is 16.9 Å². The average molecular weight is 411 g/mol. The second-order valence-electron chi connectivity index (χ2n) is 8.25. The SMILES string of the molecule is Cc1ccc(NC(=O)[C@H]2C[C@@H]3C[C@@H]3N2c2ncccn2)cc1-c1ncc2cccn2n1. The third-order valence-corrected chi connectivity index (χ3v) is 6.22. The molecular weight excluding hydrogens is 390 g/mol. The second kappa shape index (κ2) is 6.87. The van der Waals surface area contributed by atoms with E-state index in [9.17, 15) is 4.79 Å². The van der Waals surface area contributed by atoms with Gasteiger partial charge in [0.05, 0.1) is 11.7 Å². The Labute approximate surface area is 179 Å². The number of rotatable bonds is 4. The maximum Gasteiger partial charge on any atom is 0.247 e. The van der Waals surface area contributed by atoms with E-state index in [0.717, 1.165) is 35.2 Å². The zero-order chi connectivity index (χ0) is 20.9. The van der Waals surface area contributed by atoms with Crippen LogP contribution in [0.5, 0.6) is 0 Å². The molecule has 1 aliphatic heterocycles. The number of piperidine rings is 1. The van der Waals surface area contributed by atoms with Crippen molar-refractivity contribution in [2.75, 3.05) is 10.2 Å². The summed E-state index contributed by atoms with van der Waals surface area (Å²) in [5, 5.41) is 7.70. The number of aromatic nitrogens is 5. The lowest BCUT2D eigenvalue weighted by atomic mass is 10.1. The number of amides is 1. The first-order chi connectivity index (χ1) is 15.2. The second-order valence-corrected chi connectivity index (χ2v) is 8.25. The minimum Gasteiger partial charge on any atom is -0.325 e. The molecule has 0 bridgehead atoms. The summed E-state index contributed by atoms with van der Waals surface area (Å²) in [6.07, 6.45) is 9.08. The Balaban J connectivity index is 1.27. The van der Waals surface area contributed by atoms with Gasteiger partial charge in [0.2, 0.25) is 11.9 Å². The first-order valence-electron chi connectivity index (χ1n) is 10.4. The van der Waals surface area contributed by atoms with Crippen molar-refractivity contribution in [3.63, 3.8) is 0 Å². The molecule has 8 nitrogen and oxygen atoms in total. The maximum atomic E-state index is 13.2. The monoisotopic (exact) mass is 411 g/mol. The number of benzene rings is 1. The van der Waals surface area contributed by atoms with Gasteiger partial charge >= 0.3 is 0 Å². The van der Waals surface area contributed by atoms with Crippen LogP contribution in [-0.2, 0) is 4.79 Å². The van der Waals surface area contributed by atoms with Gasteiger partial charge in [0, 0.05) is 35.9 Å². The molecule has 1 saturated carbocycles. The Kier molecular flexibility index (Phi) is 3.99. The third-order valence-electron chi connectivity index (χ3n) is 6.22. The molecular formula is C23H21N7O. The molecule has 2 fully saturated rings. The van der Waals surface area contributed by atoms with E-state index in [0.29, 0.717) is 23.7 Å². The van der Waals surface area contributed by atoms with E-state index in [-0.39, 0.29) is 11.9 Å². The predicted octanol–water partition coefficient (Wildman–Crippen LogP) is 3.10. The number of nitrogens with zero attached hydrogens (tertiary/aromatic N) is 6. The number of carbonyl (C=O) groups excluding carboxylic acids is 1. The molecule has 3 aromatic heterocycles. The van der Waals surface area contributed by atoms with Crippen LogP contribution in [0.15, 0.2) is 61.2 Å². The van der Waals surface area contributed by atoms with E-state index >= 15 is 0 Å². The number of anilines is 2. The van der Waals surface area contributed by atoms with Crippen LogP contribution < -0.4 is 10.2 Å². The molecule has 4 heterocycles. The van der Waals surface area contributed by atoms with Gasteiger partial charge in [-0.15, -0.1) is 5.10 Å². The summed E-state index contributed by atoms with van der Waals surface area (Å²) in [7, 11) is 0. The highest BCUT2D eigenvalue weighted by atomic mass is 16.2. The van der Waals surface area contributed by atoms with Crippen molar-refractivity contribution in [1.29, 1.82) is 0 Å². The molecule has 2 aliphatic rings. The van der Waals surface area contributed by atoms with E-state index in [2.05, 4.69) is 30.3 Å². The van der Waals surface area contributed by atoms with Crippen molar-refractivity contribution in [2.45, 2.75) is 31.8 Å². The molecule has 154 valence electrons. The molecule has 1 aliphatic carbocycles. The summed E-state index contributed by atoms with van der Waals surface area (Å²) >= 11 is 0. The number of hydrogen-bond acceptors (Lipinski definition) is 6. The molecule has 1 amide bonds. The number of fused-ring (bicyclic) bond motifs is 2. The molecule has 4 aromatic rings. The third kappa shape index (κ3) is 3.11. The quantitative estimate of drug-likeness (QED) is 0.555. The summed E-state index contributed by atoms with van der Waals surface area (Å²) in [5.74, 6) is 1.77. The fraction of sp³-hybridized carbons (Fsp3) is 0.261. The Morgan fingerprint density at radius 3 is 2.84 bits per heavy atom. The van der Waals surface area contributed by atoms with Gasteiger partial charge in [-0.1, -0.05) is 6.07 Å². The van der Waals surface area contributed by atoms with Crippen molar-refractivity contribution in [3.8, 4) is 11.4 Å². The Bertz CT molecular complexity index is 1290. The van der Waals surface area contributed by atoms with Gasteiger partial charge in [0.1, 0.15) is 6.04 Å². The number of aryl methyl sites for hydroxylation is 1. The Morgan fingerprint density at radius 1 is 1.10 bits per heavy atom. The van der Waals surface area contributed by atoms with Crippen molar-refractivity contribution >= 4 is 23.1 Å². The topological polar surface area (TPSA) is 88.3 Å². The molecule has 0 spiro atoms. The lowest BCUT2D eigenvalue weighted by Crippen LogP contribution is -2.43. The van der Waals surface area contributed by atoms with Gasteiger partial charge in [-0.3, -0.25) is 4.79 Å². The minimum absolute atomic E-state index is 0.0313. The normalized spacial score (nSPS) is 21.8. The number of hydrogen-bond donors (Lipinski definition) is 1. The van der Waals surface area contributed by atoms with Gasteiger partial charge in [0.25, 0.3) is 0 Å². The highest BCUT2D eigenvalue weighted by molar-refractivity contribution is 5.98. The van der Waals surface area contributed by atoms with Crippen LogP contribution in [0.3, 0.4) is 0 Å². The fourth-order valence-electron chi connectivity index (χ4n) is 4.53. The van der Waals surface area contributed by atoms with E-state index < -0.39 is 0 Å². The van der Waals surface area contributed by atoms with Gasteiger partial charge < -0.3 is 10.2 Å². The largest absolute Gasteiger partial charge is 0.325 e. The predicted molar refractivity (Wildman–Crippen MR) is 117 cm³/mol. The van der Waals surface area contributed by atoms with Gasteiger partial charge in [-0.2, -0.15) is 0 Å². The van der Waals surface area contributed by atoms with E-state index in [1.807, 2.05) is 43.5 Å². The zero-order valence-electron chi connectivity index (χ0n) is 17.0. The standard InChI is InChI=1S/C23H21N7O/c1-14-5-6-16(12-18(14)21-26-13-17-4-2-9-29(17)28-21)27-22(31)20-11-15-10-19(15)30(20)23-24-7-3-8-25-23/h2-9,12-13,15,19-20H,10-11H2,1H3,(H,27,31)/t15-,19-,20+/m0/s1. The zero-order valence-corrected chi connectivity index (χ0v) is 17.0. The Morgan fingerprint density at radius 2 is 1.97 bits per heavy atom. The summed E-state index contributed by atoms with van der Waals surface area (Å²) in [6, 6.07) is 11.6. The highest BCUT2D eigenvalue weighted by Crippen LogP contribution is 2.49. The summed E-state index contributed by atoms with van der Waals surface area (Å²) < 4.78 is 1.80. The van der Waals surface area contributed by atoms with Crippen LogP contribution in [0, 0.1) is 12.8 Å². The van der Waals surface area contributed by atoms with Crippen LogP contribution in [-0.4, -0.2) is 42.6 Å². The van der Waals surface area contributed by atoms with Crippen LogP contribution in [0.2, 0.25) is 0 Å². The highest BCUT2D eigenvalue weighted by Gasteiger charge is 2.55. The van der Waals surface area contributed by atoms with E-state index in [4.69, 9.17) is 0 Å². The van der Waals surface area contributed by atoms with Gasteiger partial charge in [-0.05, 0) is 61.6 Å². The van der Waals surface area contributed by atoms with E-state index in [1.54, 1.807) is 29.2 Å². The fourth-order valence-corrected chi connectivity index (χ4v) is 4.53. The van der Waals surface area contributed by atoms with Crippen molar-refractivity contribution in [1.82, 2.24) is 24.6 Å². The molecule has 31 heavy (non-hydrogen) atoms. The summed E-state index contributed by atoms with van der Waals surface area (Å²) in [6.45, 7) is 2.02. The summed E-state index contributed by atoms with van der Waals surface area (Å²) in [4.78, 5) is 28.5. The average Bonchev–Trinajstić information content (AvgIpc) is 3.22. The van der Waals surface area contributed by atoms with Crippen molar-refractivity contribution in [2.24, 2.45) is 5.92 Å². The molecule has 1 saturated heterocycles. The number of carbonyl (C=O) groups is 1. The molecule has 0 radical (unpaired) electrons. The first-order valence-corrected chi connectivity index (χ1v) is 10.4. The molecule has 8 heteroatoms. The lowest BCUT2D eigenvalue weighted by molar-refractivity contribution is -0.117. The van der Waals surface area contributed by atoms with Gasteiger partial charge in [0.15, 0.2) is 5.82 Å². The van der Waals surface area contributed by atoms with Gasteiger partial charge in [-0.25, -0.2) is 19.5 Å². The summed E-state index contributed by atoms with van der Waals surface area (Å²) in [5.41, 5.74) is 3.61. The van der Waals surface area contributed by atoms with Crippen LogP contribution in [0.1, 0.15) is 18.4 Å². The first kappa shape index (κ1) is 18.0. The van der Waals surface area contributed by atoms with Crippen LogP contribution in [0.4, 0.5) is 11.6 Å². The number of nitrogens with one attached hydrogen (secondary N) is 1. The van der Waals surface area contributed by atoms with E-state index in [1.165, 1.54) is 0 Å². The van der Waals surface area contributed by atoms with Crippen molar-refractivity contribution < 1.29 is 4.79 Å². The maximum absolute atomic E-state index is 13.2. The molecule has 1 aromatic carbocycles. The molecule has 6 rings (SSSR count). The molecule has 0 unspecified atom stereocenters. The minimum atomic E-state index is -0.261. The Hall–Kier alpha value is -3.81. The molecule has 1 N–H and O–H groups in total. The molecule has 3 atom stereocenters. The van der Waals surface area contributed by atoms with Crippen molar-refractivity contribution in [3.05, 3.63) is 66.7 Å². The lowest BCUT2D eigenvalue weighted by Gasteiger charge is -2.26. The smallest absolute Gasteiger partial charge is 0.247 e.